The van der Waals surface area contributed by atoms with Crippen LogP contribution in [-0.2, 0) is 13.2 Å². The molecule has 1 amide bonds. The highest BCUT2D eigenvalue weighted by Crippen LogP contribution is 2.33. The Morgan fingerprint density at radius 1 is 0.774 bits per heavy atom. The van der Waals surface area contributed by atoms with Gasteiger partial charge in [0, 0.05) is 27.4 Å². The molecule has 1 heterocycles. The van der Waals surface area contributed by atoms with Gasteiger partial charge < -0.3 is 15.0 Å². The summed E-state index contributed by atoms with van der Waals surface area (Å²) in [6, 6.07) is 32.1. The lowest BCUT2D eigenvalue weighted by atomic mass is 10.1. The van der Waals surface area contributed by atoms with Gasteiger partial charge in [-0.3, -0.25) is 4.79 Å². The third-order valence-corrected chi connectivity index (χ3v) is 5.60. The summed E-state index contributed by atoms with van der Waals surface area (Å²) >= 11 is 0. The van der Waals surface area contributed by atoms with Crippen molar-refractivity contribution in [3.63, 3.8) is 0 Å². The van der Waals surface area contributed by atoms with E-state index < -0.39 is 5.91 Å². The number of nitrogens with two attached hydrogens (primary N) is 1. The molecule has 0 radical (unpaired) electrons. The number of hydrogen-bond donors (Lipinski definition) is 1. The van der Waals surface area contributed by atoms with Crippen molar-refractivity contribution in [1.29, 1.82) is 0 Å². The molecule has 4 nitrogen and oxygen atoms in total. The number of amides is 1. The van der Waals surface area contributed by atoms with Gasteiger partial charge in [-0.15, -0.1) is 0 Å². The Labute approximate surface area is 180 Å². The van der Waals surface area contributed by atoms with Gasteiger partial charge in [0.05, 0.1) is 12.1 Å². The van der Waals surface area contributed by atoms with Gasteiger partial charge in [0.15, 0.2) is 0 Å². The lowest BCUT2D eigenvalue weighted by Gasteiger charge is -2.14. The molecular formula is C27H22N2O2. The van der Waals surface area contributed by atoms with Crippen LogP contribution in [0.2, 0.25) is 0 Å². The van der Waals surface area contributed by atoms with Crippen LogP contribution in [0.5, 0.6) is 5.75 Å². The molecule has 0 atom stereocenters. The van der Waals surface area contributed by atoms with Crippen LogP contribution in [0.4, 0.5) is 0 Å². The van der Waals surface area contributed by atoms with E-state index in [1.54, 1.807) is 6.07 Å². The largest absolute Gasteiger partial charge is 0.489 e. The molecule has 0 aliphatic rings. The first kappa shape index (κ1) is 18.9. The maximum Gasteiger partial charge on any atom is 0.249 e. The Morgan fingerprint density at radius 2 is 1.48 bits per heavy atom. The van der Waals surface area contributed by atoms with E-state index in [4.69, 9.17) is 10.5 Å². The van der Waals surface area contributed by atoms with Crippen molar-refractivity contribution in [3.05, 3.63) is 114 Å². The van der Waals surface area contributed by atoms with Crippen LogP contribution in [0, 0.1) is 0 Å². The third-order valence-electron chi connectivity index (χ3n) is 5.60. The van der Waals surface area contributed by atoms with Gasteiger partial charge in [0.25, 0.3) is 0 Å². The Kier molecular flexibility index (Phi) is 4.89. The predicted molar refractivity (Wildman–Crippen MR) is 124 cm³/mol. The zero-order chi connectivity index (χ0) is 21.2. The fraction of sp³-hybridized carbons (Fsp3) is 0.0741. The van der Waals surface area contributed by atoms with Crippen molar-refractivity contribution in [2.24, 2.45) is 5.73 Å². The average Bonchev–Trinajstić information content (AvgIpc) is 3.13. The van der Waals surface area contributed by atoms with Crippen molar-refractivity contribution in [2.75, 3.05) is 0 Å². The van der Waals surface area contributed by atoms with E-state index in [-0.39, 0.29) is 0 Å². The molecule has 0 fully saturated rings. The molecule has 2 N–H and O–H groups in total. The number of carbonyl (C=O) groups is 1. The van der Waals surface area contributed by atoms with E-state index in [1.807, 2.05) is 66.7 Å². The number of fused-ring (bicyclic) bond motifs is 3. The minimum Gasteiger partial charge on any atom is -0.489 e. The van der Waals surface area contributed by atoms with Crippen molar-refractivity contribution in [3.8, 4) is 5.75 Å². The summed E-state index contributed by atoms with van der Waals surface area (Å²) in [5, 5.41) is 1.92. The number of hydrogen-bond acceptors (Lipinski definition) is 2. The zero-order valence-electron chi connectivity index (χ0n) is 17.0. The SMILES string of the molecule is NC(=O)c1cccc2c1c1ccccc1n2Cc1ccccc1OCc1ccccc1. The lowest BCUT2D eigenvalue weighted by Crippen LogP contribution is -2.11. The molecule has 0 spiro atoms. The third kappa shape index (κ3) is 3.53. The number of carbonyl (C=O) groups excluding carboxylic acids is 1. The van der Waals surface area contributed by atoms with Gasteiger partial charge in [-0.25, -0.2) is 0 Å². The van der Waals surface area contributed by atoms with E-state index in [9.17, 15) is 4.79 Å². The topological polar surface area (TPSA) is 57.2 Å². The number of ether oxygens (including phenoxy) is 1. The number of aromatic nitrogens is 1. The van der Waals surface area contributed by atoms with Gasteiger partial charge in [0.1, 0.15) is 12.4 Å². The molecule has 0 saturated heterocycles. The number of nitrogens with zero attached hydrogens (tertiary/aromatic N) is 1. The zero-order valence-corrected chi connectivity index (χ0v) is 17.0. The Hall–Kier alpha value is -4.05. The van der Waals surface area contributed by atoms with Crippen LogP contribution >= 0.6 is 0 Å². The number of rotatable bonds is 6. The first-order valence-electron chi connectivity index (χ1n) is 10.3. The van der Waals surface area contributed by atoms with Crippen LogP contribution in [0.15, 0.2) is 97.1 Å². The van der Waals surface area contributed by atoms with Crippen molar-refractivity contribution in [2.45, 2.75) is 13.2 Å². The standard InChI is InChI=1S/C27H22N2O2/c28-27(30)22-13-8-15-24-26(22)21-12-5-6-14-23(21)29(24)17-20-11-4-7-16-25(20)31-18-19-9-2-1-3-10-19/h1-16H,17-18H2,(H2,28,30). The summed E-state index contributed by atoms with van der Waals surface area (Å²) in [7, 11) is 0. The van der Waals surface area contributed by atoms with E-state index in [2.05, 4.69) is 28.8 Å². The molecule has 0 unspecified atom stereocenters. The second-order valence-electron chi connectivity index (χ2n) is 7.55. The van der Waals surface area contributed by atoms with Crippen molar-refractivity contribution < 1.29 is 9.53 Å². The maximum atomic E-state index is 12.1. The quantitative estimate of drug-likeness (QED) is 0.404. The Morgan fingerprint density at radius 3 is 2.32 bits per heavy atom. The van der Waals surface area contributed by atoms with Gasteiger partial charge in [-0.2, -0.15) is 0 Å². The minimum absolute atomic E-state index is 0.417. The highest BCUT2D eigenvalue weighted by Gasteiger charge is 2.17. The molecule has 0 aliphatic heterocycles. The minimum atomic E-state index is -0.417. The van der Waals surface area contributed by atoms with Gasteiger partial charge in [-0.05, 0) is 29.8 Å². The Bertz CT molecular complexity index is 1390. The highest BCUT2D eigenvalue weighted by atomic mass is 16.5. The molecule has 152 valence electrons. The molecule has 4 heteroatoms. The normalized spacial score (nSPS) is 11.1. The van der Waals surface area contributed by atoms with Gasteiger partial charge in [-0.1, -0.05) is 72.8 Å². The summed E-state index contributed by atoms with van der Waals surface area (Å²) in [4.78, 5) is 12.1. The smallest absolute Gasteiger partial charge is 0.249 e. The molecule has 0 bridgehead atoms. The van der Waals surface area contributed by atoms with Crippen LogP contribution in [0.3, 0.4) is 0 Å². The molecule has 5 rings (SSSR count). The van der Waals surface area contributed by atoms with Crippen molar-refractivity contribution >= 4 is 27.7 Å². The van der Waals surface area contributed by atoms with E-state index in [1.165, 1.54) is 0 Å². The first-order chi connectivity index (χ1) is 15.2. The maximum absolute atomic E-state index is 12.1. The van der Waals surface area contributed by atoms with Crippen LogP contribution in [0.25, 0.3) is 21.8 Å². The van der Waals surface area contributed by atoms with Gasteiger partial charge in [0.2, 0.25) is 5.91 Å². The number of benzene rings is 4. The van der Waals surface area contributed by atoms with Crippen LogP contribution < -0.4 is 10.5 Å². The fourth-order valence-corrected chi connectivity index (χ4v) is 4.15. The first-order valence-corrected chi connectivity index (χ1v) is 10.3. The fourth-order valence-electron chi connectivity index (χ4n) is 4.15. The molecule has 5 aromatic rings. The van der Waals surface area contributed by atoms with E-state index in [0.29, 0.717) is 18.7 Å². The second kappa shape index (κ2) is 8.00. The average molecular weight is 406 g/mol. The monoisotopic (exact) mass is 406 g/mol. The predicted octanol–water partition coefficient (Wildman–Crippen LogP) is 5.52. The molecular weight excluding hydrogens is 384 g/mol. The molecule has 4 aromatic carbocycles. The van der Waals surface area contributed by atoms with E-state index in [0.717, 1.165) is 38.7 Å². The molecule has 1 aromatic heterocycles. The van der Waals surface area contributed by atoms with Crippen LogP contribution in [-0.4, -0.2) is 10.5 Å². The molecule has 31 heavy (non-hydrogen) atoms. The van der Waals surface area contributed by atoms with E-state index >= 15 is 0 Å². The summed E-state index contributed by atoms with van der Waals surface area (Å²) in [6.45, 7) is 1.13. The number of para-hydroxylation sites is 2. The lowest BCUT2D eigenvalue weighted by molar-refractivity contribution is 0.100. The van der Waals surface area contributed by atoms with Gasteiger partial charge >= 0.3 is 0 Å². The summed E-state index contributed by atoms with van der Waals surface area (Å²) in [5.41, 5.74) is 10.5. The number of primary amides is 1. The van der Waals surface area contributed by atoms with Crippen molar-refractivity contribution in [1.82, 2.24) is 4.57 Å². The highest BCUT2D eigenvalue weighted by molar-refractivity contribution is 6.17. The van der Waals surface area contributed by atoms with Crippen LogP contribution in [0.1, 0.15) is 21.5 Å². The summed E-state index contributed by atoms with van der Waals surface area (Å²) < 4.78 is 8.39. The summed E-state index contributed by atoms with van der Waals surface area (Å²) in [5.74, 6) is 0.434. The second-order valence-corrected chi connectivity index (χ2v) is 7.55. The summed E-state index contributed by atoms with van der Waals surface area (Å²) in [6.07, 6.45) is 0. The Balaban J connectivity index is 1.59. The molecule has 0 aliphatic carbocycles. The molecule has 0 saturated carbocycles.